The van der Waals surface area contributed by atoms with Crippen LogP contribution >= 0.6 is 0 Å². The van der Waals surface area contributed by atoms with Crippen LogP contribution in [0, 0.1) is 52.8 Å². The Morgan fingerprint density at radius 2 is 1.04 bits per heavy atom. The zero-order valence-corrected chi connectivity index (χ0v) is 15.5. The van der Waals surface area contributed by atoms with Gasteiger partial charge in [-0.15, -0.1) is 0 Å². The first-order valence-corrected chi connectivity index (χ1v) is 10.2. The van der Waals surface area contributed by atoms with Gasteiger partial charge >= 0.3 is 0 Å². The van der Waals surface area contributed by atoms with Crippen LogP contribution in [0.3, 0.4) is 0 Å². The Kier molecular flexibility index (Phi) is 3.59. The van der Waals surface area contributed by atoms with E-state index < -0.39 is 0 Å². The molecule has 0 heterocycles. The van der Waals surface area contributed by atoms with E-state index >= 15 is 0 Å². The van der Waals surface area contributed by atoms with Crippen molar-refractivity contribution in [3.63, 3.8) is 0 Å². The van der Waals surface area contributed by atoms with Gasteiger partial charge in [0.15, 0.2) is 0 Å². The van der Waals surface area contributed by atoms with E-state index in [-0.39, 0.29) is 0 Å². The van der Waals surface area contributed by atoms with E-state index in [1.807, 2.05) is 0 Å². The molecule has 0 spiro atoms. The highest BCUT2D eigenvalue weighted by Crippen LogP contribution is 2.62. The molecule has 0 radical (unpaired) electrons. The molecule has 7 atom stereocenters. The van der Waals surface area contributed by atoms with Crippen molar-refractivity contribution in [1.29, 1.82) is 0 Å². The maximum Gasteiger partial charge on any atom is -0.00954 e. The second-order valence-electron chi connectivity index (χ2n) is 9.39. The fraction of sp³-hybridized carbons (Fsp3) is 0.520. The van der Waals surface area contributed by atoms with Crippen LogP contribution in [-0.4, -0.2) is 0 Å². The summed E-state index contributed by atoms with van der Waals surface area (Å²) in [7, 11) is 0. The molecule has 0 aromatic heterocycles. The second kappa shape index (κ2) is 5.73. The van der Waals surface area contributed by atoms with Gasteiger partial charge in [-0.05, 0) is 65.6 Å². The highest BCUT2D eigenvalue weighted by molar-refractivity contribution is 5.30. The molecule has 0 heteroatoms. The zero-order chi connectivity index (χ0) is 17.0. The average Bonchev–Trinajstić information content (AvgIpc) is 3.22. The largest absolute Gasteiger partial charge is 0.0808 e. The van der Waals surface area contributed by atoms with Gasteiger partial charge in [0, 0.05) is 0 Å². The number of hydrogen-bond donors (Lipinski definition) is 0. The molecular weight excluding hydrogens is 300 g/mol. The lowest BCUT2D eigenvalue weighted by atomic mass is 9.59. The Morgan fingerprint density at radius 3 is 1.64 bits per heavy atom. The number of rotatable bonds is 2. The molecule has 5 rings (SSSR count). The predicted molar refractivity (Wildman–Crippen MR) is 106 cm³/mol. The number of allylic oxidation sites excluding steroid dienone is 12. The molecule has 0 amide bonds. The fourth-order valence-electron chi connectivity index (χ4n) is 7.09. The van der Waals surface area contributed by atoms with Crippen LogP contribution in [0.5, 0.6) is 0 Å². The number of hydrogen-bond acceptors (Lipinski definition) is 0. The van der Waals surface area contributed by atoms with Crippen molar-refractivity contribution < 1.29 is 0 Å². The van der Waals surface area contributed by atoms with Gasteiger partial charge in [-0.1, -0.05) is 86.8 Å². The molecule has 0 nitrogen and oxygen atoms in total. The monoisotopic (exact) mass is 330 g/mol. The molecule has 2 fully saturated rings. The summed E-state index contributed by atoms with van der Waals surface area (Å²) in [4.78, 5) is 0. The summed E-state index contributed by atoms with van der Waals surface area (Å²) in [5.74, 6) is 5.87. The van der Waals surface area contributed by atoms with Crippen molar-refractivity contribution in [3.8, 4) is 0 Å². The van der Waals surface area contributed by atoms with E-state index in [2.05, 4.69) is 86.8 Å². The minimum Gasteiger partial charge on any atom is -0.0808 e. The molecule has 0 N–H and O–H groups in total. The van der Waals surface area contributed by atoms with Gasteiger partial charge in [0.1, 0.15) is 0 Å². The summed E-state index contributed by atoms with van der Waals surface area (Å²) in [6.07, 6.45) is 31.5. The van der Waals surface area contributed by atoms with E-state index in [0.29, 0.717) is 29.1 Å². The van der Waals surface area contributed by atoms with Crippen molar-refractivity contribution in [2.75, 3.05) is 0 Å². The van der Waals surface area contributed by atoms with E-state index in [0.717, 1.165) is 23.7 Å². The molecule has 2 saturated carbocycles. The minimum absolute atomic E-state index is 0.363. The molecule has 25 heavy (non-hydrogen) atoms. The first-order valence-electron chi connectivity index (χ1n) is 10.2. The van der Waals surface area contributed by atoms with Crippen LogP contribution in [0.1, 0.15) is 26.7 Å². The van der Waals surface area contributed by atoms with Crippen molar-refractivity contribution in [2.45, 2.75) is 26.7 Å². The highest BCUT2D eigenvalue weighted by Gasteiger charge is 2.56. The van der Waals surface area contributed by atoms with Gasteiger partial charge in [0.05, 0.1) is 0 Å². The third kappa shape index (κ3) is 2.26. The summed E-state index contributed by atoms with van der Waals surface area (Å²) >= 11 is 0. The number of fused-ring (bicyclic) bond motifs is 4. The summed E-state index contributed by atoms with van der Waals surface area (Å²) < 4.78 is 0. The molecule has 0 saturated heterocycles. The normalized spacial score (nSPS) is 46.3. The van der Waals surface area contributed by atoms with Gasteiger partial charge in [-0.3, -0.25) is 0 Å². The standard InChI is InChI=1S/C25H30/c1-25(2,23-16-15-17-9-3-4-10-18(17)23)24-21-13-7-5-11-19(21)20-12-6-8-14-22(20)24/h3-14,17-24H,15-16H2,1-2H3. The van der Waals surface area contributed by atoms with Crippen molar-refractivity contribution in [2.24, 2.45) is 52.8 Å². The van der Waals surface area contributed by atoms with Crippen LogP contribution in [0.2, 0.25) is 0 Å². The Labute approximate surface area is 152 Å². The Morgan fingerprint density at radius 1 is 0.560 bits per heavy atom. The molecule has 130 valence electrons. The van der Waals surface area contributed by atoms with Crippen LogP contribution in [0.4, 0.5) is 0 Å². The van der Waals surface area contributed by atoms with Gasteiger partial charge in [-0.2, -0.15) is 0 Å². The van der Waals surface area contributed by atoms with Crippen LogP contribution < -0.4 is 0 Å². The quantitative estimate of drug-likeness (QED) is 0.571. The topological polar surface area (TPSA) is 0 Å². The summed E-state index contributed by atoms with van der Waals surface area (Å²) in [6, 6.07) is 0. The third-order valence-corrected chi connectivity index (χ3v) is 8.11. The van der Waals surface area contributed by atoms with Gasteiger partial charge < -0.3 is 0 Å². The molecule has 0 aromatic carbocycles. The Hall–Kier alpha value is -1.56. The molecule has 0 aromatic rings. The van der Waals surface area contributed by atoms with Crippen LogP contribution in [-0.2, 0) is 0 Å². The average molecular weight is 331 g/mol. The van der Waals surface area contributed by atoms with E-state index in [4.69, 9.17) is 0 Å². The summed E-state index contributed by atoms with van der Waals surface area (Å²) in [5, 5.41) is 0. The molecule has 5 aliphatic rings. The van der Waals surface area contributed by atoms with Crippen LogP contribution in [0.25, 0.3) is 0 Å². The van der Waals surface area contributed by atoms with Gasteiger partial charge in [-0.25, -0.2) is 0 Å². The third-order valence-electron chi connectivity index (χ3n) is 8.11. The van der Waals surface area contributed by atoms with E-state index in [1.54, 1.807) is 0 Å². The lowest BCUT2D eigenvalue weighted by Crippen LogP contribution is -2.40. The summed E-state index contributed by atoms with van der Waals surface area (Å²) in [6.45, 7) is 5.18. The molecule has 0 bridgehead atoms. The first kappa shape index (κ1) is 15.7. The lowest BCUT2D eigenvalue weighted by Gasteiger charge is -2.46. The predicted octanol–water partition coefficient (Wildman–Crippen LogP) is 6.13. The zero-order valence-electron chi connectivity index (χ0n) is 15.5. The Balaban J connectivity index is 1.52. The molecule has 5 aliphatic carbocycles. The first-order chi connectivity index (χ1) is 12.2. The SMILES string of the molecule is CC(C)(C1CCC2C=CC=CC21)C1C2C=CC=CC2C2C=CC=CC21. The van der Waals surface area contributed by atoms with Crippen molar-refractivity contribution in [1.82, 2.24) is 0 Å². The van der Waals surface area contributed by atoms with Crippen molar-refractivity contribution in [3.05, 3.63) is 72.9 Å². The lowest BCUT2D eigenvalue weighted by molar-refractivity contribution is 0.0564. The van der Waals surface area contributed by atoms with E-state index in [1.165, 1.54) is 12.8 Å². The maximum absolute atomic E-state index is 2.59. The van der Waals surface area contributed by atoms with Crippen molar-refractivity contribution >= 4 is 0 Å². The minimum atomic E-state index is 0.363. The van der Waals surface area contributed by atoms with Crippen LogP contribution in [0.15, 0.2) is 72.9 Å². The Bertz CT molecular complexity index is 676. The summed E-state index contributed by atoms with van der Waals surface area (Å²) in [5.41, 5.74) is 0.363. The highest BCUT2D eigenvalue weighted by atomic mass is 14.6. The molecule has 7 unspecified atom stereocenters. The van der Waals surface area contributed by atoms with E-state index in [9.17, 15) is 0 Å². The fourth-order valence-corrected chi connectivity index (χ4v) is 7.09. The second-order valence-corrected chi connectivity index (χ2v) is 9.39. The smallest absolute Gasteiger partial charge is 0.00954 e. The molecule has 0 aliphatic heterocycles. The maximum atomic E-state index is 2.59. The van der Waals surface area contributed by atoms with Gasteiger partial charge in [0.25, 0.3) is 0 Å². The molecular formula is C25H30. The van der Waals surface area contributed by atoms with Gasteiger partial charge in [0.2, 0.25) is 0 Å².